The van der Waals surface area contributed by atoms with Crippen LogP contribution in [0.4, 0.5) is 27.1 Å². The number of allylic oxidation sites excluding steroid dienone is 1. The van der Waals surface area contributed by atoms with Gasteiger partial charge in [-0.15, -0.1) is 0 Å². The molecular formula is C33H29FN4O. The number of amides is 1. The van der Waals surface area contributed by atoms with Crippen LogP contribution in [0.1, 0.15) is 27.0 Å². The number of piperazine rings is 1. The molecule has 4 aromatic rings. The van der Waals surface area contributed by atoms with Gasteiger partial charge in [-0.3, -0.25) is 4.79 Å². The number of halogens is 1. The molecule has 7 rings (SSSR count). The zero-order valence-corrected chi connectivity index (χ0v) is 21.6. The lowest BCUT2D eigenvalue weighted by molar-refractivity contribution is 0.0986. The van der Waals surface area contributed by atoms with Crippen molar-refractivity contribution in [3.63, 3.8) is 0 Å². The first-order chi connectivity index (χ1) is 19.1. The van der Waals surface area contributed by atoms with Crippen molar-refractivity contribution in [2.45, 2.75) is 13.0 Å². The average Bonchev–Trinajstić information content (AvgIpc) is 3.41. The summed E-state index contributed by atoms with van der Waals surface area (Å²) in [5.74, 6) is -0.525. The lowest BCUT2D eigenvalue weighted by Crippen LogP contribution is -2.43. The van der Waals surface area contributed by atoms with Crippen molar-refractivity contribution in [1.29, 1.82) is 0 Å². The maximum absolute atomic E-state index is 14.4. The van der Waals surface area contributed by atoms with E-state index in [1.807, 2.05) is 18.2 Å². The lowest BCUT2D eigenvalue weighted by atomic mass is 10.0. The third-order valence-electron chi connectivity index (χ3n) is 7.88. The van der Waals surface area contributed by atoms with Crippen LogP contribution in [0.5, 0.6) is 0 Å². The zero-order chi connectivity index (χ0) is 26.3. The molecule has 1 fully saturated rings. The molecule has 2 aliphatic heterocycles. The summed E-state index contributed by atoms with van der Waals surface area (Å²) in [6, 6.07) is 25.3. The van der Waals surface area contributed by atoms with Crippen LogP contribution < -0.4 is 20.4 Å². The van der Waals surface area contributed by atoms with Gasteiger partial charge in [0.15, 0.2) is 0 Å². The Morgan fingerprint density at radius 2 is 1.62 bits per heavy atom. The molecule has 1 aliphatic carbocycles. The highest BCUT2D eigenvalue weighted by atomic mass is 19.1. The van der Waals surface area contributed by atoms with Crippen molar-refractivity contribution in [2.75, 3.05) is 41.3 Å². The Morgan fingerprint density at radius 3 is 2.46 bits per heavy atom. The third-order valence-corrected chi connectivity index (χ3v) is 7.88. The predicted octanol–water partition coefficient (Wildman–Crippen LogP) is 6.38. The molecule has 0 radical (unpaired) electrons. The molecule has 0 bridgehead atoms. The quantitative estimate of drug-likeness (QED) is 0.331. The minimum atomic E-state index is -0.372. The Balaban J connectivity index is 1.24. The van der Waals surface area contributed by atoms with E-state index in [1.54, 1.807) is 11.0 Å². The van der Waals surface area contributed by atoms with Crippen LogP contribution in [-0.4, -0.2) is 32.1 Å². The molecule has 3 aliphatic rings. The molecule has 0 atom stereocenters. The van der Waals surface area contributed by atoms with Crippen LogP contribution in [0.15, 0.2) is 84.9 Å². The number of anilines is 4. The summed E-state index contributed by atoms with van der Waals surface area (Å²) in [4.78, 5) is 18.2. The number of carbonyl (C=O) groups excluding carboxylic acids is 1. The first kappa shape index (κ1) is 23.7. The van der Waals surface area contributed by atoms with Gasteiger partial charge in [-0.1, -0.05) is 48.6 Å². The van der Waals surface area contributed by atoms with Gasteiger partial charge in [0.25, 0.3) is 5.91 Å². The topological polar surface area (TPSA) is 47.6 Å². The zero-order valence-electron chi connectivity index (χ0n) is 21.6. The van der Waals surface area contributed by atoms with Crippen LogP contribution in [-0.2, 0) is 13.0 Å². The van der Waals surface area contributed by atoms with Crippen molar-refractivity contribution in [1.82, 2.24) is 5.32 Å². The van der Waals surface area contributed by atoms with Gasteiger partial charge in [0.05, 0.1) is 29.2 Å². The second-order valence-corrected chi connectivity index (χ2v) is 10.4. The number of fused-ring (bicyclic) bond motifs is 3. The summed E-state index contributed by atoms with van der Waals surface area (Å²) in [5, 5.41) is 6.79. The van der Waals surface area contributed by atoms with E-state index in [0.29, 0.717) is 23.5 Å². The summed E-state index contributed by atoms with van der Waals surface area (Å²) in [5.41, 5.74) is 9.24. The molecule has 0 unspecified atom stereocenters. The first-order valence-electron chi connectivity index (χ1n) is 13.5. The van der Waals surface area contributed by atoms with E-state index in [4.69, 9.17) is 0 Å². The fourth-order valence-corrected chi connectivity index (χ4v) is 5.78. The fraction of sp³-hybridized carbons (Fsp3) is 0.182. The summed E-state index contributed by atoms with van der Waals surface area (Å²) in [7, 11) is 0. The molecule has 0 aromatic heterocycles. The van der Waals surface area contributed by atoms with Gasteiger partial charge in [0.2, 0.25) is 0 Å². The second-order valence-electron chi connectivity index (χ2n) is 10.4. The van der Waals surface area contributed by atoms with Crippen molar-refractivity contribution in [3.05, 3.63) is 113 Å². The molecule has 1 saturated heterocycles. The standard InChI is InChI=1S/C33H29FN4O/c34-27-9-13-31-32(20-27)38(21-22-4-5-23-2-1-3-25(23)18-22)33(39)29-19-26(8-12-30(29)36-31)24-6-10-28(11-7-24)37-16-14-35-15-17-37/h1-2,4-13,18-20,35-36H,3,14-17,21H2. The largest absolute Gasteiger partial charge is 0.369 e. The molecule has 2 N–H and O–H groups in total. The van der Waals surface area contributed by atoms with Crippen molar-refractivity contribution in [3.8, 4) is 11.1 Å². The van der Waals surface area contributed by atoms with E-state index in [1.165, 1.54) is 28.9 Å². The summed E-state index contributed by atoms with van der Waals surface area (Å²) in [6.07, 6.45) is 5.16. The lowest BCUT2D eigenvalue weighted by Gasteiger charge is -2.29. The number of nitrogens with zero attached hydrogens (tertiary/aromatic N) is 2. The molecular weight excluding hydrogens is 487 g/mol. The second kappa shape index (κ2) is 9.71. The monoisotopic (exact) mass is 516 g/mol. The molecule has 0 saturated carbocycles. The number of benzene rings is 4. The van der Waals surface area contributed by atoms with Crippen LogP contribution in [0.3, 0.4) is 0 Å². The molecule has 2 heterocycles. The Morgan fingerprint density at radius 1 is 0.821 bits per heavy atom. The Hall–Kier alpha value is -4.42. The van der Waals surface area contributed by atoms with Gasteiger partial charge in [0, 0.05) is 31.9 Å². The highest BCUT2D eigenvalue weighted by Gasteiger charge is 2.28. The highest BCUT2D eigenvalue weighted by Crippen LogP contribution is 2.39. The van der Waals surface area contributed by atoms with E-state index in [0.717, 1.165) is 55.0 Å². The highest BCUT2D eigenvalue weighted by molar-refractivity contribution is 6.14. The van der Waals surface area contributed by atoms with E-state index >= 15 is 0 Å². The average molecular weight is 517 g/mol. The van der Waals surface area contributed by atoms with Gasteiger partial charge in [0.1, 0.15) is 5.82 Å². The number of rotatable bonds is 4. The molecule has 6 heteroatoms. The Labute approximate surface area is 227 Å². The van der Waals surface area contributed by atoms with Gasteiger partial charge >= 0.3 is 0 Å². The predicted molar refractivity (Wildman–Crippen MR) is 156 cm³/mol. The number of hydrogen-bond acceptors (Lipinski definition) is 4. The minimum Gasteiger partial charge on any atom is -0.369 e. The van der Waals surface area contributed by atoms with Gasteiger partial charge < -0.3 is 20.4 Å². The van der Waals surface area contributed by atoms with Crippen molar-refractivity contribution in [2.24, 2.45) is 0 Å². The van der Waals surface area contributed by atoms with Crippen molar-refractivity contribution < 1.29 is 9.18 Å². The molecule has 1 amide bonds. The van der Waals surface area contributed by atoms with Crippen LogP contribution in [0.25, 0.3) is 17.2 Å². The fourth-order valence-electron chi connectivity index (χ4n) is 5.78. The molecule has 39 heavy (non-hydrogen) atoms. The molecule has 0 spiro atoms. The van der Waals surface area contributed by atoms with Crippen molar-refractivity contribution >= 4 is 34.7 Å². The van der Waals surface area contributed by atoms with Crippen LogP contribution >= 0.6 is 0 Å². The molecule has 5 nitrogen and oxygen atoms in total. The van der Waals surface area contributed by atoms with Gasteiger partial charge in [-0.25, -0.2) is 4.39 Å². The Kier molecular flexibility index (Phi) is 5.90. The van der Waals surface area contributed by atoms with Gasteiger partial charge in [-0.05, 0) is 76.7 Å². The summed E-state index contributed by atoms with van der Waals surface area (Å²) >= 11 is 0. The maximum atomic E-state index is 14.4. The third kappa shape index (κ3) is 4.47. The Bertz CT molecular complexity index is 1610. The van der Waals surface area contributed by atoms with Crippen LogP contribution in [0, 0.1) is 5.82 Å². The SMILES string of the molecule is O=C1c2cc(-c3ccc(N4CCNCC4)cc3)ccc2Nc2ccc(F)cc2N1Cc1ccc2c(c1)CC=C2. The molecule has 4 aromatic carbocycles. The number of nitrogens with one attached hydrogen (secondary N) is 2. The normalized spacial score (nSPS) is 15.9. The van der Waals surface area contributed by atoms with Crippen LogP contribution in [0.2, 0.25) is 0 Å². The summed E-state index contributed by atoms with van der Waals surface area (Å²) in [6.45, 7) is 4.33. The van der Waals surface area contributed by atoms with E-state index < -0.39 is 0 Å². The first-order valence-corrected chi connectivity index (χ1v) is 13.5. The minimum absolute atomic E-state index is 0.153. The van der Waals surface area contributed by atoms with E-state index in [-0.39, 0.29) is 11.7 Å². The van der Waals surface area contributed by atoms with Gasteiger partial charge in [-0.2, -0.15) is 0 Å². The number of hydrogen-bond donors (Lipinski definition) is 2. The molecule has 194 valence electrons. The smallest absolute Gasteiger partial charge is 0.260 e. The maximum Gasteiger partial charge on any atom is 0.260 e. The number of carbonyl (C=O) groups is 1. The van der Waals surface area contributed by atoms with E-state index in [2.05, 4.69) is 70.2 Å². The van der Waals surface area contributed by atoms with E-state index in [9.17, 15) is 9.18 Å². The summed E-state index contributed by atoms with van der Waals surface area (Å²) < 4.78 is 14.4.